The quantitative estimate of drug-likeness (QED) is 0.298. The van der Waals surface area contributed by atoms with Gasteiger partial charge in [-0.2, -0.15) is 0 Å². The van der Waals surface area contributed by atoms with Crippen molar-refractivity contribution in [3.8, 4) is 0 Å². The van der Waals surface area contributed by atoms with E-state index in [4.69, 9.17) is 9.99 Å². The summed E-state index contributed by atoms with van der Waals surface area (Å²) in [7, 11) is 0. The van der Waals surface area contributed by atoms with Crippen molar-refractivity contribution in [1.29, 1.82) is 0 Å². The second kappa shape index (κ2) is 5.11. The molecule has 12 heavy (non-hydrogen) atoms. The lowest BCUT2D eigenvalue weighted by atomic mass is 9.91. The molecule has 0 amide bonds. The molecule has 0 aliphatic rings. The van der Waals surface area contributed by atoms with E-state index >= 15 is 0 Å². The fourth-order valence-electron chi connectivity index (χ4n) is 0.511. The van der Waals surface area contributed by atoms with Crippen molar-refractivity contribution < 1.29 is 19.7 Å². The maximum atomic E-state index is 11.2. The molecule has 0 rings (SSSR count). The van der Waals surface area contributed by atoms with E-state index in [-0.39, 0.29) is 19.2 Å². The van der Waals surface area contributed by atoms with Crippen molar-refractivity contribution in [3.63, 3.8) is 0 Å². The number of hydrogen-bond donors (Lipinski definition) is 1. The molecular weight excluding hydrogens is 160 g/mol. The zero-order valence-corrected chi connectivity index (χ0v) is 7.79. The highest BCUT2D eigenvalue weighted by Crippen LogP contribution is 2.21. The van der Waals surface area contributed by atoms with Crippen molar-refractivity contribution in [2.75, 3.05) is 13.2 Å². The highest BCUT2D eigenvalue weighted by molar-refractivity contribution is 5.75. The van der Waals surface area contributed by atoms with Gasteiger partial charge in [-0.05, 0) is 20.3 Å². The average molecular weight is 176 g/mol. The fraction of sp³-hybridized carbons (Fsp3) is 0.875. The van der Waals surface area contributed by atoms with Gasteiger partial charge in [0.15, 0.2) is 0 Å². The molecule has 0 aliphatic heterocycles. The van der Waals surface area contributed by atoms with E-state index in [2.05, 4.69) is 4.89 Å². The van der Waals surface area contributed by atoms with Crippen molar-refractivity contribution in [3.05, 3.63) is 0 Å². The van der Waals surface area contributed by atoms with Gasteiger partial charge in [-0.15, -0.1) is 0 Å². The summed E-state index contributed by atoms with van der Waals surface area (Å²) in [6, 6.07) is 0. The van der Waals surface area contributed by atoms with Crippen molar-refractivity contribution in [2.45, 2.75) is 27.2 Å². The molecule has 0 spiro atoms. The first-order valence-electron chi connectivity index (χ1n) is 3.98. The summed E-state index contributed by atoms with van der Waals surface area (Å²) in [4.78, 5) is 15.0. The van der Waals surface area contributed by atoms with Gasteiger partial charge in [-0.3, -0.25) is 10.1 Å². The summed E-state index contributed by atoms with van der Waals surface area (Å²) < 4.78 is 4.81. The predicted molar refractivity (Wildman–Crippen MR) is 43.6 cm³/mol. The molecule has 0 aromatic heterocycles. The monoisotopic (exact) mass is 176 g/mol. The molecule has 0 saturated heterocycles. The fourth-order valence-corrected chi connectivity index (χ4v) is 0.511. The number of carbonyl (C=O) groups excluding carboxylic acids is 1. The third kappa shape index (κ3) is 3.69. The van der Waals surface area contributed by atoms with Crippen LogP contribution in [0.2, 0.25) is 0 Å². The molecule has 0 heterocycles. The molecule has 0 aliphatic carbocycles. The van der Waals surface area contributed by atoms with E-state index < -0.39 is 5.41 Å². The van der Waals surface area contributed by atoms with Crippen LogP contribution in [0.5, 0.6) is 0 Å². The summed E-state index contributed by atoms with van der Waals surface area (Å²) in [6.07, 6.45) is 0.728. The second-order valence-electron chi connectivity index (χ2n) is 3.21. The number of carbonyl (C=O) groups is 1. The largest absolute Gasteiger partial charge is 0.463 e. The van der Waals surface area contributed by atoms with E-state index in [1.165, 1.54) is 0 Å². The summed E-state index contributed by atoms with van der Waals surface area (Å²) in [5.41, 5.74) is -0.449. The van der Waals surface area contributed by atoms with Gasteiger partial charge in [0.2, 0.25) is 0 Å². The summed E-state index contributed by atoms with van der Waals surface area (Å²) in [6.45, 7) is 5.67. The Hall–Kier alpha value is -0.610. The Balaban J connectivity index is 3.72. The number of ether oxygens (including phenoxy) is 1. The molecule has 0 unspecified atom stereocenters. The maximum Gasteiger partial charge on any atom is 0.311 e. The van der Waals surface area contributed by atoms with Gasteiger partial charge >= 0.3 is 5.97 Å². The first-order valence-corrected chi connectivity index (χ1v) is 3.98. The molecule has 4 nitrogen and oxygen atoms in total. The lowest BCUT2D eigenvalue weighted by Gasteiger charge is -2.19. The summed E-state index contributed by atoms with van der Waals surface area (Å²) in [5, 5.41) is 7.95. The van der Waals surface area contributed by atoms with Crippen LogP contribution in [0.4, 0.5) is 0 Å². The SMILES string of the molecule is CCC(C)(C)C(=O)OCCOO. The van der Waals surface area contributed by atoms with Gasteiger partial charge in [-0.1, -0.05) is 6.92 Å². The molecule has 0 radical (unpaired) electrons. The highest BCUT2D eigenvalue weighted by atomic mass is 17.1. The smallest absolute Gasteiger partial charge is 0.311 e. The molecule has 0 bridgehead atoms. The second-order valence-corrected chi connectivity index (χ2v) is 3.21. The molecule has 4 heteroatoms. The number of esters is 1. The predicted octanol–water partition coefficient (Wildman–Crippen LogP) is 1.46. The normalized spacial score (nSPS) is 11.3. The minimum absolute atomic E-state index is 0.0194. The molecule has 0 aromatic carbocycles. The Morgan fingerprint density at radius 1 is 1.42 bits per heavy atom. The molecule has 0 saturated carbocycles. The van der Waals surface area contributed by atoms with Crippen LogP contribution in [0.1, 0.15) is 27.2 Å². The minimum atomic E-state index is -0.449. The summed E-state index contributed by atoms with van der Waals surface area (Å²) >= 11 is 0. The third-order valence-corrected chi connectivity index (χ3v) is 1.84. The Bertz CT molecular complexity index is 142. The first-order chi connectivity index (χ1) is 5.54. The molecule has 0 atom stereocenters. The van der Waals surface area contributed by atoms with E-state index in [1.54, 1.807) is 0 Å². The zero-order valence-electron chi connectivity index (χ0n) is 7.79. The Morgan fingerprint density at radius 2 is 2.00 bits per heavy atom. The Kier molecular flexibility index (Phi) is 4.85. The van der Waals surface area contributed by atoms with Crippen molar-refractivity contribution >= 4 is 5.97 Å². The van der Waals surface area contributed by atoms with Crippen LogP contribution in [0.3, 0.4) is 0 Å². The van der Waals surface area contributed by atoms with Crippen LogP contribution in [-0.4, -0.2) is 24.4 Å². The zero-order chi connectivity index (χ0) is 9.61. The number of hydrogen-bond acceptors (Lipinski definition) is 4. The van der Waals surface area contributed by atoms with Gasteiger partial charge in [0.05, 0.1) is 5.41 Å². The lowest BCUT2D eigenvalue weighted by molar-refractivity contribution is -0.248. The highest BCUT2D eigenvalue weighted by Gasteiger charge is 2.26. The Labute approximate surface area is 72.4 Å². The lowest BCUT2D eigenvalue weighted by Crippen LogP contribution is -2.26. The van der Waals surface area contributed by atoms with E-state index in [9.17, 15) is 4.79 Å². The minimum Gasteiger partial charge on any atom is -0.463 e. The standard InChI is InChI=1S/C8H16O4/c1-4-8(2,3)7(9)11-5-6-12-10/h10H,4-6H2,1-3H3. The van der Waals surface area contributed by atoms with Gasteiger partial charge in [0.25, 0.3) is 0 Å². The van der Waals surface area contributed by atoms with Gasteiger partial charge in [0.1, 0.15) is 13.2 Å². The Morgan fingerprint density at radius 3 is 2.42 bits per heavy atom. The molecular formula is C8H16O4. The van der Waals surface area contributed by atoms with E-state index in [0.717, 1.165) is 6.42 Å². The van der Waals surface area contributed by atoms with Crippen LogP contribution in [0.25, 0.3) is 0 Å². The van der Waals surface area contributed by atoms with Crippen LogP contribution in [0, 0.1) is 5.41 Å². The van der Waals surface area contributed by atoms with E-state index in [1.807, 2.05) is 20.8 Å². The number of rotatable bonds is 5. The molecule has 1 N–H and O–H groups in total. The molecule has 0 fully saturated rings. The van der Waals surface area contributed by atoms with Gasteiger partial charge in [-0.25, -0.2) is 4.89 Å². The van der Waals surface area contributed by atoms with Gasteiger partial charge < -0.3 is 4.74 Å². The van der Waals surface area contributed by atoms with Crippen LogP contribution >= 0.6 is 0 Å². The average Bonchev–Trinajstić information content (AvgIpc) is 2.05. The molecule has 0 aromatic rings. The van der Waals surface area contributed by atoms with Crippen molar-refractivity contribution in [1.82, 2.24) is 0 Å². The topological polar surface area (TPSA) is 55.8 Å². The van der Waals surface area contributed by atoms with Crippen LogP contribution in [-0.2, 0) is 14.4 Å². The van der Waals surface area contributed by atoms with Crippen LogP contribution < -0.4 is 0 Å². The first kappa shape index (κ1) is 11.4. The maximum absolute atomic E-state index is 11.2. The van der Waals surface area contributed by atoms with Crippen LogP contribution in [0.15, 0.2) is 0 Å². The summed E-state index contributed by atoms with van der Waals surface area (Å²) in [5.74, 6) is -0.262. The molecule has 72 valence electrons. The van der Waals surface area contributed by atoms with Gasteiger partial charge in [0, 0.05) is 0 Å². The third-order valence-electron chi connectivity index (χ3n) is 1.84. The van der Waals surface area contributed by atoms with Crippen molar-refractivity contribution in [2.24, 2.45) is 5.41 Å². The van der Waals surface area contributed by atoms with E-state index in [0.29, 0.717) is 0 Å².